The van der Waals surface area contributed by atoms with Crippen molar-refractivity contribution in [3.05, 3.63) is 102 Å². The van der Waals surface area contributed by atoms with Crippen LogP contribution in [0.15, 0.2) is 73.2 Å². The quantitative estimate of drug-likeness (QED) is 0.429. The van der Waals surface area contributed by atoms with Crippen LogP contribution in [0.1, 0.15) is 22.9 Å². The van der Waals surface area contributed by atoms with Gasteiger partial charge in [-0.05, 0) is 42.5 Å². The second-order valence-electron chi connectivity index (χ2n) is 7.21. The van der Waals surface area contributed by atoms with E-state index in [1.807, 2.05) is 18.2 Å². The Bertz CT molecular complexity index is 1250. The highest BCUT2D eigenvalue weighted by atomic mass is 19.2. The molecule has 1 aromatic carbocycles. The predicted molar refractivity (Wildman–Crippen MR) is 119 cm³/mol. The lowest BCUT2D eigenvalue weighted by molar-refractivity contribution is -0.118. The topological polar surface area (TPSA) is 107 Å². The molecule has 4 aromatic rings. The zero-order valence-corrected chi connectivity index (χ0v) is 17.5. The fraction of sp³-hybridized carbons (Fsp3) is 0.125. The standard InChI is InChI=1S/C24H20F2N6O/c25-18-8-7-15(13-19(18)26)23-31-14-17(21(22(27)33)20-6-2-4-11-29-20)24(32-23)30-12-9-16-5-1-3-10-28-16/h1-8,10-11,13-14,21H,9,12H2,(H2,27,33)(H,30,31,32). The van der Waals surface area contributed by atoms with Gasteiger partial charge in [-0.1, -0.05) is 12.1 Å². The van der Waals surface area contributed by atoms with E-state index in [1.54, 1.807) is 30.6 Å². The zero-order valence-electron chi connectivity index (χ0n) is 17.5. The minimum absolute atomic E-state index is 0.169. The van der Waals surface area contributed by atoms with Gasteiger partial charge in [0.25, 0.3) is 0 Å². The van der Waals surface area contributed by atoms with Crippen molar-refractivity contribution in [2.75, 3.05) is 11.9 Å². The van der Waals surface area contributed by atoms with E-state index in [1.165, 1.54) is 12.3 Å². The van der Waals surface area contributed by atoms with Crippen LogP contribution in [-0.2, 0) is 11.2 Å². The predicted octanol–water partition coefficient (Wildman–Crippen LogP) is 3.48. The maximum atomic E-state index is 13.8. The summed E-state index contributed by atoms with van der Waals surface area (Å²) in [6.07, 6.45) is 5.32. The van der Waals surface area contributed by atoms with E-state index in [-0.39, 0.29) is 5.82 Å². The molecule has 7 nitrogen and oxygen atoms in total. The first-order valence-electron chi connectivity index (χ1n) is 10.2. The third kappa shape index (κ3) is 5.15. The molecule has 1 atom stereocenters. The number of amides is 1. The van der Waals surface area contributed by atoms with Crippen LogP contribution in [0.2, 0.25) is 0 Å². The van der Waals surface area contributed by atoms with Crippen LogP contribution in [0.3, 0.4) is 0 Å². The van der Waals surface area contributed by atoms with E-state index < -0.39 is 23.5 Å². The number of carbonyl (C=O) groups is 1. The second-order valence-corrected chi connectivity index (χ2v) is 7.21. The van der Waals surface area contributed by atoms with E-state index in [9.17, 15) is 13.6 Å². The zero-order chi connectivity index (χ0) is 23.2. The molecule has 3 heterocycles. The van der Waals surface area contributed by atoms with E-state index in [4.69, 9.17) is 5.73 Å². The molecule has 0 aliphatic rings. The summed E-state index contributed by atoms with van der Waals surface area (Å²) in [7, 11) is 0. The molecule has 0 aliphatic carbocycles. The highest BCUT2D eigenvalue weighted by Gasteiger charge is 2.26. The van der Waals surface area contributed by atoms with Gasteiger partial charge >= 0.3 is 0 Å². The Morgan fingerprint density at radius 3 is 2.42 bits per heavy atom. The minimum atomic E-state index is -1.01. The molecule has 3 N–H and O–H groups in total. The van der Waals surface area contributed by atoms with Crippen LogP contribution in [0.25, 0.3) is 11.4 Å². The number of hydrogen-bond donors (Lipinski definition) is 2. The van der Waals surface area contributed by atoms with Gasteiger partial charge in [0.05, 0.1) is 5.69 Å². The van der Waals surface area contributed by atoms with Crippen molar-refractivity contribution in [2.24, 2.45) is 5.73 Å². The van der Waals surface area contributed by atoms with Crippen LogP contribution >= 0.6 is 0 Å². The average molecular weight is 446 g/mol. The molecule has 0 saturated carbocycles. The minimum Gasteiger partial charge on any atom is -0.369 e. The van der Waals surface area contributed by atoms with Crippen molar-refractivity contribution in [1.29, 1.82) is 0 Å². The summed E-state index contributed by atoms with van der Waals surface area (Å²) in [5.41, 5.74) is 7.75. The molecule has 0 radical (unpaired) electrons. The van der Waals surface area contributed by atoms with Gasteiger partial charge in [0, 0.05) is 48.4 Å². The summed E-state index contributed by atoms with van der Waals surface area (Å²) < 4.78 is 27.1. The molecule has 0 saturated heterocycles. The molecule has 4 rings (SSSR count). The van der Waals surface area contributed by atoms with Crippen molar-refractivity contribution in [2.45, 2.75) is 12.3 Å². The number of rotatable bonds is 8. The molecule has 33 heavy (non-hydrogen) atoms. The van der Waals surface area contributed by atoms with E-state index in [0.29, 0.717) is 35.6 Å². The third-order valence-electron chi connectivity index (χ3n) is 4.97. The molecule has 1 unspecified atom stereocenters. The molecule has 3 aromatic heterocycles. The Morgan fingerprint density at radius 2 is 1.76 bits per heavy atom. The smallest absolute Gasteiger partial charge is 0.231 e. The Kier molecular flexibility index (Phi) is 6.58. The Hall–Kier alpha value is -4.27. The van der Waals surface area contributed by atoms with Crippen molar-refractivity contribution in [1.82, 2.24) is 19.9 Å². The number of nitrogens with two attached hydrogens (primary N) is 1. The molecular formula is C24H20F2N6O. The van der Waals surface area contributed by atoms with Crippen molar-refractivity contribution in [3.8, 4) is 11.4 Å². The SMILES string of the molecule is NC(=O)C(c1ccccn1)c1cnc(-c2ccc(F)c(F)c2)nc1NCCc1ccccn1. The van der Waals surface area contributed by atoms with Gasteiger partial charge < -0.3 is 11.1 Å². The molecule has 0 fully saturated rings. The average Bonchev–Trinajstić information content (AvgIpc) is 2.83. The number of anilines is 1. The number of pyridine rings is 2. The van der Waals surface area contributed by atoms with Gasteiger partial charge in [-0.15, -0.1) is 0 Å². The number of hydrogen-bond acceptors (Lipinski definition) is 6. The van der Waals surface area contributed by atoms with Crippen molar-refractivity contribution in [3.63, 3.8) is 0 Å². The highest BCUT2D eigenvalue weighted by Crippen LogP contribution is 2.30. The number of aromatic nitrogens is 4. The van der Waals surface area contributed by atoms with Gasteiger partial charge in [-0.3, -0.25) is 14.8 Å². The first-order valence-corrected chi connectivity index (χ1v) is 10.2. The lowest BCUT2D eigenvalue weighted by Gasteiger charge is -2.18. The fourth-order valence-corrected chi connectivity index (χ4v) is 3.38. The molecule has 0 spiro atoms. The molecule has 1 amide bonds. The third-order valence-corrected chi connectivity index (χ3v) is 4.97. The summed E-state index contributed by atoms with van der Waals surface area (Å²) in [4.78, 5) is 29.7. The van der Waals surface area contributed by atoms with Crippen LogP contribution in [0.5, 0.6) is 0 Å². The lowest BCUT2D eigenvalue weighted by Crippen LogP contribution is -2.25. The number of benzene rings is 1. The van der Waals surface area contributed by atoms with Gasteiger partial charge in [-0.2, -0.15) is 0 Å². The summed E-state index contributed by atoms with van der Waals surface area (Å²) >= 11 is 0. The maximum Gasteiger partial charge on any atom is 0.231 e. The molecule has 166 valence electrons. The number of nitrogens with one attached hydrogen (secondary N) is 1. The lowest BCUT2D eigenvalue weighted by atomic mass is 9.95. The van der Waals surface area contributed by atoms with Gasteiger partial charge in [0.1, 0.15) is 11.7 Å². The molecule has 0 bridgehead atoms. The molecule has 0 aliphatic heterocycles. The van der Waals surface area contributed by atoms with Crippen LogP contribution < -0.4 is 11.1 Å². The first-order chi connectivity index (χ1) is 16.0. The number of nitrogens with zero attached hydrogens (tertiary/aromatic N) is 4. The first kappa shape index (κ1) is 21.9. The number of primary amides is 1. The van der Waals surface area contributed by atoms with Crippen LogP contribution in [0, 0.1) is 11.6 Å². The molecular weight excluding hydrogens is 426 g/mol. The largest absolute Gasteiger partial charge is 0.369 e. The Balaban J connectivity index is 1.72. The van der Waals surface area contributed by atoms with Crippen molar-refractivity contribution >= 4 is 11.7 Å². The summed E-state index contributed by atoms with van der Waals surface area (Å²) in [5, 5.41) is 3.21. The monoisotopic (exact) mass is 446 g/mol. The van der Waals surface area contributed by atoms with Gasteiger partial charge in [0.2, 0.25) is 5.91 Å². The van der Waals surface area contributed by atoms with E-state index in [0.717, 1.165) is 17.8 Å². The summed E-state index contributed by atoms with van der Waals surface area (Å²) in [6.45, 7) is 0.450. The van der Waals surface area contributed by atoms with E-state index in [2.05, 4.69) is 25.3 Å². The number of halogens is 2. The maximum absolute atomic E-state index is 13.8. The fourth-order valence-electron chi connectivity index (χ4n) is 3.38. The van der Waals surface area contributed by atoms with Crippen LogP contribution in [-0.4, -0.2) is 32.4 Å². The summed E-state index contributed by atoms with van der Waals surface area (Å²) in [6, 6.07) is 14.2. The Morgan fingerprint density at radius 1 is 0.970 bits per heavy atom. The van der Waals surface area contributed by atoms with E-state index >= 15 is 0 Å². The summed E-state index contributed by atoms with van der Waals surface area (Å²) in [5.74, 6) is -2.98. The van der Waals surface area contributed by atoms with Gasteiger partial charge in [0.15, 0.2) is 17.5 Å². The second kappa shape index (κ2) is 9.90. The normalized spacial score (nSPS) is 11.7. The van der Waals surface area contributed by atoms with Crippen LogP contribution in [0.4, 0.5) is 14.6 Å². The number of carbonyl (C=O) groups excluding carboxylic acids is 1. The van der Waals surface area contributed by atoms with Crippen molar-refractivity contribution < 1.29 is 13.6 Å². The molecule has 9 heteroatoms. The van der Waals surface area contributed by atoms with Gasteiger partial charge in [-0.25, -0.2) is 18.7 Å². The highest BCUT2D eigenvalue weighted by molar-refractivity contribution is 5.86. The Labute approximate surface area is 188 Å².